The van der Waals surface area contributed by atoms with Gasteiger partial charge >= 0.3 is 5.97 Å². The van der Waals surface area contributed by atoms with Crippen LogP contribution in [0.2, 0.25) is 0 Å². The first-order chi connectivity index (χ1) is 6.59. The highest BCUT2D eigenvalue weighted by Crippen LogP contribution is 2.08. The van der Waals surface area contributed by atoms with E-state index in [0.717, 1.165) is 11.4 Å². The fourth-order valence-corrected chi connectivity index (χ4v) is 1.32. The number of nitrogens with zero attached hydrogens (tertiary/aromatic N) is 4. The van der Waals surface area contributed by atoms with Crippen LogP contribution in [0.1, 0.15) is 21.9 Å². The largest absolute Gasteiger partial charge is 0.476 e. The third-order valence-corrected chi connectivity index (χ3v) is 1.88. The van der Waals surface area contributed by atoms with Crippen LogP contribution >= 0.6 is 0 Å². The summed E-state index contributed by atoms with van der Waals surface area (Å²) in [6, 6.07) is 1.81. The average molecular weight is 192 g/mol. The lowest BCUT2D eigenvalue weighted by Crippen LogP contribution is -2.01. The van der Waals surface area contributed by atoms with Crippen molar-refractivity contribution in [1.82, 2.24) is 19.8 Å². The first-order valence-corrected chi connectivity index (χ1v) is 4.02. The minimum atomic E-state index is -1.11. The second-order valence-corrected chi connectivity index (χ2v) is 3.02. The van der Waals surface area contributed by atoms with Gasteiger partial charge in [0.15, 0.2) is 5.65 Å². The number of hydrogen-bond donors (Lipinski definition) is 1. The van der Waals surface area contributed by atoms with Crippen molar-refractivity contribution in [2.24, 2.45) is 0 Å². The Hall–Kier alpha value is -1.98. The molecule has 0 aromatic carbocycles. The lowest BCUT2D eigenvalue weighted by atomic mass is 10.3. The highest BCUT2D eigenvalue weighted by Gasteiger charge is 2.15. The van der Waals surface area contributed by atoms with Crippen LogP contribution in [0.5, 0.6) is 0 Å². The molecule has 14 heavy (non-hydrogen) atoms. The number of aryl methyl sites for hydroxylation is 2. The highest BCUT2D eigenvalue weighted by molar-refractivity contribution is 5.91. The molecule has 1 N–H and O–H groups in total. The number of aromatic carboxylic acids is 1. The van der Waals surface area contributed by atoms with Crippen LogP contribution in [0.15, 0.2) is 6.07 Å². The van der Waals surface area contributed by atoms with Gasteiger partial charge in [-0.25, -0.2) is 9.78 Å². The molecule has 6 nitrogen and oxygen atoms in total. The van der Waals surface area contributed by atoms with Gasteiger partial charge in [0, 0.05) is 11.4 Å². The van der Waals surface area contributed by atoms with Crippen LogP contribution in [-0.4, -0.2) is 30.9 Å². The first kappa shape index (κ1) is 8.61. The van der Waals surface area contributed by atoms with E-state index in [1.54, 1.807) is 6.92 Å². The number of hydrogen-bond acceptors (Lipinski definition) is 4. The molecule has 2 aromatic heterocycles. The molecule has 0 aliphatic rings. The van der Waals surface area contributed by atoms with Gasteiger partial charge in [-0.3, -0.25) is 0 Å². The summed E-state index contributed by atoms with van der Waals surface area (Å²) in [7, 11) is 0. The number of fused-ring (bicyclic) bond motifs is 1. The molecule has 0 amide bonds. The van der Waals surface area contributed by atoms with Crippen LogP contribution in [0.3, 0.4) is 0 Å². The zero-order valence-corrected chi connectivity index (χ0v) is 7.72. The summed E-state index contributed by atoms with van der Waals surface area (Å²) in [6.07, 6.45) is 0. The number of aromatic nitrogens is 4. The van der Waals surface area contributed by atoms with Crippen molar-refractivity contribution in [2.45, 2.75) is 13.8 Å². The number of carbonyl (C=O) groups is 1. The van der Waals surface area contributed by atoms with E-state index in [2.05, 4.69) is 15.3 Å². The molecule has 2 heterocycles. The summed E-state index contributed by atoms with van der Waals surface area (Å²) in [6.45, 7) is 3.62. The fourth-order valence-electron chi connectivity index (χ4n) is 1.32. The molecule has 0 saturated heterocycles. The van der Waals surface area contributed by atoms with Gasteiger partial charge in [-0.05, 0) is 19.9 Å². The maximum Gasteiger partial charge on any atom is 0.360 e. The summed E-state index contributed by atoms with van der Waals surface area (Å²) in [4.78, 5) is 14.8. The molecule has 0 bridgehead atoms. The Balaban J connectivity index is 2.85. The Morgan fingerprint density at radius 2 is 2.21 bits per heavy atom. The van der Waals surface area contributed by atoms with E-state index in [1.165, 1.54) is 4.52 Å². The van der Waals surface area contributed by atoms with Crippen LogP contribution < -0.4 is 0 Å². The zero-order chi connectivity index (χ0) is 10.3. The predicted molar refractivity (Wildman–Crippen MR) is 47.2 cm³/mol. The Morgan fingerprint density at radius 1 is 1.50 bits per heavy atom. The van der Waals surface area contributed by atoms with Gasteiger partial charge in [0.25, 0.3) is 0 Å². The predicted octanol–water partition coefficient (Wildman–Crippen LogP) is 0.439. The Labute approximate surface area is 79.2 Å². The molecule has 6 heteroatoms. The van der Waals surface area contributed by atoms with Gasteiger partial charge in [-0.2, -0.15) is 4.52 Å². The lowest BCUT2D eigenvalue weighted by molar-refractivity contribution is 0.0692. The third kappa shape index (κ3) is 1.12. The molecule has 2 rings (SSSR count). The summed E-state index contributed by atoms with van der Waals surface area (Å²) in [5.41, 5.74) is 1.74. The van der Waals surface area contributed by atoms with Crippen molar-refractivity contribution in [1.29, 1.82) is 0 Å². The first-order valence-electron chi connectivity index (χ1n) is 4.02. The molecule has 0 unspecified atom stereocenters. The van der Waals surface area contributed by atoms with Crippen molar-refractivity contribution >= 4 is 11.6 Å². The number of rotatable bonds is 1. The van der Waals surface area contributed by atoms with Gasteiger partial charge in [-0.15, -0.1) is 5.10 Å². The van der Waals surface area contributed by atoms with E-state index < -0.39 is 5.97 Å². The van der Waals surface area contributed by atoms with Crippen molar-refractivity contribution in [3.63, 3.8) is 0 Å². The van der Waals surface area contributed by atoms with E-state index in [9.17, 15) is 4.79 Å². The topological polar surface area (TPSA) is 80.4 Å². The van der Waals surface area contributed by atoms with E-state index >= 15 is 0 Å². The molecule has 0 atom stereocenters. The smallest absolute Gasteiger partial charge is 0.360 e. The second kappa shape index (κ2) is 2.76. The van der Waals surface area contributed by atoms with Crippen molar-refractivity contribution in [3.8, 4) is 0 Å². The summed E-state index contributed by atoms with van der Waals surface area (Å²) in [5, 5.41) is 16.0. The van der Waals surface area contributed by atoms with Crippen molar-refractivity contribution in [3.05, 3.63) is 23.1 Å². The molecule has 0 spiro atoms. The normalized spacial score (nSPS) is 10.7. The average Bonchev–Trinajstić information content (AvgIpc) is 2.47. The minimum Gasteiger partial charge on any atom is -0.476 e. The second-order valence-electron chi connectivity index (χ2n) is 3.02. The van der Waals surface area contributed by atoms with Crippen molar-refractivity contribution in [2.75, 3.05) is 0 Å². The third-order valence-electron chi connectivity index (χ3n) is 1.88. The highest BCUT2D eigenvalue weighted by atomic mass is 16.4. The standard InChI is InChI=1S/C8H8N4O2/c1-4-3-5(2)12-7(9-4)6(8(13)14)10-11-12/h3H,1-2H3,(H,13,14). The molecule has 0 radical (unpaired) electrons. The van der Waals surface area contributed by atoms with Gasteiger partial charge in [0.2, 0.25) is 5.69 Å². The number of carboxylic acids is 1. The van der Waals surface area contributed by atoms with Gasteiger partial charge in [0.05, 0.1) is 0 Å². The monoisotopic (exact) mass is 192 g/mol. The van der Waals surface area contributed by atoms with Crippen LogP contribution in [-0.2, 0) is 0 Å². The van der Waals surface area contributed by atoms with Crippen LogP contribution in [0, 0.1) is 13.8 Å². The zero-order valence-electron chi connectivity index (χ0n) is 7.72. The number of carboxylic acid groups (broad SMARTS) is 1. The summed E-state index contributed by atoms with van der Waals surface area (Å²) >= 11 is 0. The molecule has 72 valence electrons. The summed E-state index contributed by atoms with van der Waals surface area (Å²) < 4.78 is 1.41. The maximum absolute atomic E-state index is 10.7. The van der Waals surface area contributed by atoms with Crippen LogP contribution in [0.25, 0.3) is 5.65 Å². The summed E-state index contributed by atoms with van der Waals surface area (Å²) in [5.74, 6) is -1.11. The Bertz CT molecular complexity index is 517. The molecule has 0 fully saturated rings. The maximum atomic E-state index is 10.7. The minimum absolute atomic E-state index is 0.114. The van der Waals surface area contributed by atoms with E-state index in [-0.39, 0.29) is 11.3 Å². The Morgan fingerprint density at radius 3 is 2.86 bits per heavy atom. The molecule has 0 aliphatic carbocycles. The van der Waals surface area contributed by atoms with Gasteiger partial charge in [0.1, 0.15) is 0 Å². The SMILES string of the molecule is Cc1cc(C)n2nnc(C(=O)O)c2n1. The van der Waals surface area contributed by atoms with E-state index in [1.807, 2.05) is 13.0 Å². The van der Waals surface area contributed by atoms with Gasteiger partial charge < -0.3 is 5.11 Å². The quantitative estimate of drug-likeness (QED) is 0.709. The lowest BCUT2D eigenvalue weighted by Gasteiger charge is -1.98. The fraction of sp³-hybridized carbons (Fsp3) is 0.250. The van der Waals surface area contributed by atoms with Crippen molar-refractivity contribution < 1.29 is 9.90 Å². The molecule has 0 aliphatic heterocycles. The molecule has 0 saturated carbocycles. The van der Waals surface area contributed by atoms with Gasteiger partial charge in [-0.1, -0.05) is 5.21 Å². The Kier molecular flexibility index (Phi) is 1.70. The van der Waals surface area contributed by atoms with E-state index in [4.69, 9.17) is 5.11 Å². The molecule has 2 aromatic rings. The molecular formula is C8H8N4O2. The molecular weight excluding hydrogens is 184 g/mol. The van der Waals surface area contributed by atoms with Crippen LogP contribution in [0.4, 0.5) is 0 Å². The van der Waals surface area contributed by atoms with E-state index in [0.29, 0.717) is 0 Å².